The highest BCUT2D eigenvalue weighted by atomic mass is 16.5. The van der Waals surface area contributed by atoms with Crippen LogP contribution in [0.4, 0.5) is 5.69 Å². The Kier molecular flexibility index (Phi) is 4.45. The number of benzene rings is 2. The summed E-state index contributed by atoms with van der Waals surface area (Å²) in [6.45, 7) is 5.81. The first-order chi connectivity index (χ1) is 12.2. The lowest BCUT2D eigenvalue weighted by molar-refractivity contribution is 0.408. The number of ether oxygens (including phenoxy) is 1. The van der Waals surface area contributed by atoms with Gasteiger partial charge in [-0.3, -0.25) is 0 Å². The van der Waals surface area contributed by atoms with Crippen LogP contribution in [0.5, 0.6) is 5.75 Å². The largest absolute Gasteiger partial charge is 0.496 e. The number of hydrogen-bond donors (Lipinski definition) is 1. The summed E-state index contributed by atoms with van der Waals surface area (Å²) < 4.78 is 5.56. The first-order valence-electron chi connectivity index (χ1n) is 9.67. The molecule has 132 valence electrons. The van der Waals surface area contributed by atoms with Crippen molar-refractivity contribution >= 4 is 5.69 Å². The lowest BCUT2D eigenvalue weighted by Crippen LogP contribution is -2.20. The van der Waals surface area contributed by atoms with E-state index in [4.69, 9.17) is 4.74 Å². The van der Waals surface area contributed by atoms with Gasteiger partial charge in [-0.05, 0) is 77.8 Å². The van der Waals surface area contributed by atoms with Crippen molar-refractivity contribution in [2.24, 2.45) is 11.8 Å². The molecule has 2 aromatic carbocycles. The minimum Gasteiger partial charge on any atom is -0.496 e. The van der Waals surface area contributed by atoms with Crippen LogP contribution in [0.25, 0.3) is 0 Å². The van der Waals surface area contributed by atoms with Crippen LogP contribution in [0.2, 0.25) is 0 Å². The molecule has 0 aromatic heterocycles. The third kappa shape index (κ3) is 3.15. The van der Waals surface area contributed by atoms with Crippen molar-refractivity contribution in [2.45, 2.75) is 45.4 Å². The quantitative estimate of drug-likeness (QED) is 0.828. The molecule has 1 aliphatic heterocycles. The van der Waals surface area contributed by atoms with Crippen molar-refractivity contribution in [3.8, 4) is 5.75 Å². The van der Waals surface area contributed by atoms with Gasteiger partial charge >= 0.3 is 0 Å². The fraction of sp³-hybridized carbons (Fsp3) is 0.478. The topological polar surface area (TPSA) is 21.3 Å². The van der Waals surface area contributed by atoms with Gasteiger partial charge in [0.25, 0.3) is 0 Å². The molecule has 25 heavy (non-hydrogen) atoms. The van der Waals surface area contributed by atoms with Crippen LogP contribution in [0.15, 0.2) is 36.4 Å². The second-order valence-corrected chi connectivity index (χ2v) is 8.06. The second-order valence-electron chi connectivity index (χ2n) is 8.06. The van der Waals surface area contributed by atoms with Crippen LogP contribution in [-0.4, -0.2) is 13.7 Å². The summed E-state index contributed by atoms with van der Waals surface area (Å²) in [5.41, 5.74) is 7.28. The van der Waals surface area contributed by atoms with Gasteiger partial charge in [0.2, 0.25) is 0 Å². The fourth-order valence-corrected chi connectivity index (χ4v) is 4.79. The van der Waals surface area contributed by atoms with E-state index in [9.17, 15) is 0 Å². The maximum Gasteiger partial charge on any atom is 0.122 e. The Labute approximate surface area is 151 Å². The molecular formula is C23H29NO. The maximum absolute atomic E-state index is 5.56. The van der Waals surface area contributed by atoms with Crippen molar-refractivity contribution < 1.29 is 4.74 Å². The monoisotopic (exact) mass is 335 g/mol. The van der Waals surface area contributed by atoms with Crippen LogP contribution >= 0.6 is 0 Å². The highest BCUT2D eigenvalue weighted by Gasteiger charge is 2.26. The highest BCUT2D eigenvalue weighted by molar-refractivity contribution is 5.56. The lowest BCUT2D eigenvalue weighted by atomic mass is 9.81. The van der Waals surface area contributed by atoms with E-state index in [2.05, 4.69) is 55.6 Å². The summed E-state index contributed by atoms with van der Waals surface area (Å²) in [6.07, 6.45) is 4.73. The van der Waals surface area contributed by atoms with Crippen LogP contribution in [0.1, 0.15) is 48.4 Å². The van der Waals surface area contributed by atoms with E-state index >= 15 is 0 Å². The molecule has 2 unspecified atom stereocenters. The van der Waals surface area contributed by atoms with Gasteiger partial charge in [0.05, 0.1) is 7.11 Å². The van der Waals surface area contributed by atoms with Crippen LogP contribution in [0.3, 0.4) is 0 Å². The summed E-state index contributed by atoms with van der Waals surface area (Å²) in [7, 11) is 1.78. The molecule has 0 saturated heterocycles. The molecule has 0 saturated carbocycles. The summed E-state index contributed by atoms with van der Waals surface area (Å²) in [5, 5.41) is 3.58. The Morgan fingerprint density at radius 1 is 1.16 bits per heavy atom. The molecule has 0 bridgehead atoms. The Hall–Kier alpha value is -1.96. The Bertz CT molecular complexity index is 765. The van der Waals surface area contributed by atoms with Crippen molar-refractivity contribution in [3.05, 3.63) is 58.7 Å². The van der Waals surface area contributed by atoms with E-state index in [0.29, 0.717) is 17.8 Å². The van der Waals surface area contributed by atoms with Gasteiger partial charge in [-0.1, -0.05) is 38.1 Å². The smallest absolute Gasteiger partial charge is 0.122 e. The minimum absolute atomic E-state index is 0.692. The van der Waals surface area contributed by atoms with Gasteiger partial charge in [0, 0.05) is 12.2 Å². The van der Waals surface area contributed by atoms with Crippen LogP contribution in [0, 0.1) is 11.8 Å². The maximum atomic E-state index is 5.56. The zero-order valence-corrected chi connectivity index (χ0v) is 15.6. The van der Waals surface area contributed by atoms with Crippen molar-refractivity contribution in [1.82, 2.24) is 0 Å². The molecule has 1 N–H and O–H groups in total. The number of methoxy groups -OCH3 is 1. The van der Waals surface area contributed by atoms with E-state index in [0.717, 1.165) is 25.1 Å². The van der Waals surface area contributed by atoms with Gasteiger partial charge in [-0.15, -0.1) is 0 Å². The Morgan fingerprint density at radius 3 is 2.84 bits per heavy atom. The highest BCUT2D eigenvalue weighted by Crippen LogP contribution is 2.39. The van der Waals surface area contributed by atoms with Gasteiger partial charge in [-0.25, -0.2) is 0 Å². The van der Waals surface area contributed by atoms with Crippen molar-refractivity contribution in [2.75, 3.05) is 19.0 Å². The first-order valence-corrected chi connectivity index (χ1v) is 9.67. The number of fused-ring (bicyclic) bond motifs is 2. The van der Waals surface area contributed by atoms with Gasteiger partial charge in [-0.2, -0.15) is 0 Å². The third-order valence-corrected chi connectivity index (χ3v) is 6.07. The van der Waals surface area contributed by atoms with E-state index in [1.807, 2.05) is 0 Å². The van der Waals surface area contributed by atoms with Crippen molar-refractivity contribution in [1.29, 1.82) is 0 Å². The molecule has 2 heteroatoms. The number of anilines is 1. The fourth-order valence-electron chi connectivity index (χ4n) is 4.79. The molecule has 0 fully saturated rings. The predicted molar refractivity (Wildman–Crippen MR) is 105 cm³/mol. The van der Waals surface area contributed by atoms with Crippen molar-refractivity contribution in [3.63, 3.8) is 0 Å². The Balaban J connectivity index is 1.54. The molecule has 1 heterocycles. The Morgan fingerprint density at radius 2 is 2.04 bits per heavy atom. The SMILES string of the molecule is COc1cccc2c1CC(Cc1ccc3c(c1)C(C(C)C)CCN3)C2. The summed E-state index contributed by atoms with van der Waals surface area (Å²) in [5.74, 6) is 3.15. The summed E-state index contributed by atoms with van der Waals surface area (Å²) >= 11 is 0. The molecule has 0 radical (unpaired) electrons. The van der Waals surface area contributed by atoms with E-state index in [1.54, 1.807) is 7.11 Å². The molecular weight excluding hydrogens is 306 g/mol. The normalized spacial score (nSPS) is 21.6. The predicted octanol–water partition coefficient (Wildman–Crippen LogP) is 5.21. The molecule has 0 spiro atoms. The number of hydrogen-bond acceptors (Lipinski definition) is 2. The molecule has 0 amide bonds. The van der Waals surface area contributed by atoms with Gasteiger partial charge < -0.3 is 10.1 Å². The van der Waals surface area contributed by atoms with Crippen LogP contribution in [-0.2, 0) is 19.3 Å². The van der Waals surface area contributed by atoms with E-state index < -0.39 is 0 Å². The molecule has 2 aromatic rings. The average Bonchev–Trinajstić information content (AvgIpc) is 3.03. The van der Waals surface area contributed by atoms with Gasteiger partial charge in [0.15, 0.2) is 0 Å². The first kappa shape index (κ1) is 16.5. The molecule has 2 nitrogen and oxygen atoms in total. The zero-order chi connectivity index (χ0) is 17.4. The average molecular weight is 335 g/mol. The molecule has 1 aliphatic carbocycles. The second kappa shape index (κ2) is 6.74. The molecule has 2 atom stereocenters. The minimum atomic E-state index is 0.692. The van der Waals surface area contributed by atoms with E-state index in [-0.39, 0.29) is 0 Å². The summed E-state index contributed by atoms with van der Waals surface area (Å²) in [6, 6.07) is 13.6. The zero-order valence-electron chi connectivity index (χ0n) is 15.6. The molecule has 4 rings (SSSR count). The third-order valence-electron chi connectivity index (χ3n) is 6.07. The number of rotatable bonds is 4. The lowest BCUT2D eigenvalue weighted by Gasteiger charge is -2.30. The summed E-state index contributed by atoms with van der Waals surface area (Å²) in [4.78, 5) is 0. The number of nitrogens with one attached hydrogen (secondary N) is 1. The van der Waals surface area contributed by atoms with Crippen LogP contribution < -0.4 is 10.1 Å². The van der Waals surface area contributed by atoms with Gasteiger partial charge in [0.1, 0.15) is 5.75 Å². The standard InChI is InChI=1S/C23H29NO/c1-15(2)19-9-10-24-22-8-7-16(13-21(19)22)11-17-12-18-5-4-6-23(25-3)20(18)14-17/h4-8,13,15,17,19,24H,9-12,14H2,1-3H3. The molecule has 2 aliphatic rings. The van der Waals surface area contributed by atoms with E-state index in [1.165, 1.54) is 40.8 Å².